The molecule has 0 heterocycles. The summed E-state index contributed by atoms with van der Waals surface area (Å²) in [5.41, 5.74) is 0.640. The first-order valence-corrected chi connectivity index (χ1v) is 7.27. The second kappa shape index (κ2) is 8.46. The van der Waals surface area contributed by atoms with Crippen molar-refractivity contribution in [1.29, 1.82) is 5.26 Å². The number of nitriles is 1. The SMILES string of the molecule is C[C@@H](C#N)OC(=O)CSCC(=O)Nc1ccc(Cl)cc1. The minimum atomic E-state index is -0.772. The van der Waals surface area contributed by atoms with Gasteiger partial charge in [-0.3, -0.25) is 9.59 Å². The van der Waals surface area contributed by atoms with Crippen LogP contribution in [-0.2, 0) is 14.3 Å². The number of anilines is 1. The highest BCUT2D eigenvalue weighted by Crippen LogP contribution is 2.13. The summed E-state index contributed by atoms with van der Waals surface area (Å²) in [4.78, 5) is 22.8. The molecule has 0 saturated carbocycles. The average molecular weight is 313 g/mol. The standard InChI is InChI=1S/C13H13ClN2O3S/c1-9(6-15)19-13(18)8-20-7-12(17)16-11-4-2-10(14)3-5-11/h2-5,9H,7-8H2,1H3,(H,16,17)/t9-/m0/s1. The smallest absolute Gasteiger partial charge is 0.317 e. The molecular formula is C13H13ClN2O3S. The lowest BCUT2D eigenvalue weighted by Gasteiger charge is -2.06. The maximum atomic E-state index is 11.6. The Balaban J connectivity index is 2.25. The van der Waals surface area contributed by atoms with E-state index in [9.17, 15) is 9.59 Å². The van der Waals surface area contributed by atoms with Crippen molar-refractivity contribution in [3.05, 3.63) is 29.3 Å². The van der Waals surface area contributed by atoms with Crippen molar-refractivity contribution in [3.8, 4) is 6.07 Å². The fourth-order valence-electron chi connectivity index (χ4n) is 1.21. The number of hydrogen-bond donors (Lipinski definition) is 1. The van der Waals surface area contributed by atoms with Crippen LogP contribution in [0.2, 0.25) is 5.02 Å². The van der Waals surface area contributed by atoms with Gasteiger partial charge in [-0.1, -0.05) is 11.6 Å². The molecule has 0 fully saturated rings. The molecule has 0 aliphatic rings. The summed E-state index contributed by atoms with van der Waals surface area (Å²) >= 11 is 6.85. The number of ether oxygens (including phenoxy) is 1. The Morgan fingerprint density at radius 2 is 2.05 bits per heavy atom. The van der Waals surface area contributed by atoms with E-state index in [1.165, 1.54) is 6.92 Å². The van der Waals surface area contributed by atoms with Crippen molar-refractivity contribution in [2.45, 2.75) is 13.0 Å². The van der Waals surface area contributed by atoms with Gasteiger partial charge in [-0.05, 0) is 31.2 Å². The second-order valence-electron chi connectivity index (χ2n) is 3.81. The van der Waals surface area contributed by atoms with E-state index in [4.69, 9.17) is 21.6 Å². The van der Waals surface area contributed by atoms with E-state index >= 15 is 0 Å². The number of benzene rings is 1. The lowest BCUT2D eigenvalue weighted by Crippen LogP contribution is -2.18. The van der Waals surface area contributed by atoms with Crippen molar-refractivity contribution in [2.24, 2.45) is 0 Å². The molecule has 0 aliphatic carbocycles. The van der Waals surface area contributed by atoms with Crippen molar-refractivity contribution < 1.29 is 14.3 Å². The molecule has 1 aromatic rings. The van der Waals surface area contributed by atoms with Gasteiger partial charge in [-0.15, -0.1) is 11.8 Å². The fraction of sp³-hybridized carbons (Fsp3) is 0.308. The Bertz CT molecular complexity index is 513. The summed E-state index contributed by atoms with van der Waals surface area (Å²) in [6.07, 6.45) is -0.772. The topological polar surface area (TPSA) is 79.2 Å². The van der Waals surface area contributed by atoms with Gasteiger partial charge in [0.05, 0.1) is 11.5 Å². The number of nitrogens with zero attached hydrogens (tertiary/aromatic N) is 1. The van der Waals surface area contributed by atoms with Gasteiger partial charge in [0, 0.05) is 10.7 Å². The van der Waals surface area contributed by atoms with Gasteiger partial charge in [0.25, 0.3) is 0 Å². The maximum Gasteiger partial charge on any atom is 0.317 e. The molecule has 0 spiro atoms. The van der Waals surface area contributed by atoms with Crippen molar-refractivity contribution in [1.82, 2.24) is 0 Å². The number of rotatable bonds is 6. The molecule has 0 radical (unpaired) electrons. The highest BCUT2D eigenvalue weighted by atomic mass is 35.5. The lowest BCUT2D eigenvalue weighted by atomic mass is 10.3. The molecule has 0 aliphatic heterocycles. The van der Waals surface area contributed by atoms with Crippen molar-refractivity contribution in [2.75, 3.05) is 16.8 Å². The molecule has 0 saturated heterocycles. The molecule has 0 unspecified atom stereocenters. The molecule has 20 heavy (non-hydrogen) atoms. The summed E-state index contributed by atoms with van der Waals surface area (Å²) in [6, 6.07) is 8.51. The minimum Gasteiger partial charge on any atom is -0.447 e. The van der Waals surface area contributed by atoms with Crippen molar-refractivity contribution >= 4 is 40.9 Å². The van der Waals surface area contributed by atoms with Gasteiger partial charge in [0.2, 0.25) is 5.91 Å². The van der Waals surface area contributed by atoms with E-state index in [0.717, 1.165) is 11.8 Å². The normalized spacial score (nSPS) is 11.2. The predicted molar refractivity (Wildman–Crippen MR) is 78.6 cm³/mol. The Morgan fingerprint density at radius 1 is 1.40 bits per heavy atom. The van der Waals surface area contributed by atoms with Crippen LogP contribution in [0.3, 0.4) is 0 Å². The quantitative estimate of drug-likeness (QED) is 0.816. The third kappa shape index (κ3) is 6.45. The van der Waals surface area contributed by atoms with Crippen LogP contribution in [0.15, 0.2) is 24.3 Å². The largest absolute Gasteiger partial charge is 0.447 e. The van der Waals surface area contributed by atoms with Gasteiger partial charge in [-0.25, -0.2) is 0 Å². The molecular weight excluding hydrogens is 300 g/mol. The molecule has 106 valence electrons. The van der Waals surface area contributed by atoms with Gasteiger partial charge in [0.1, 0.15) is 6.07 Å². The zero-order valence-electron chi connectivity index (χ0n) is 10.8. The number of carbonyl (C=O) groups is 2. The predicted octanol–water partition coefficient (Wildman–Crippen LogP) is 2.47. The molecule has 1 rings (SSSR count). The Hall–Kier alpha value is -1.71. The first-order valence-electron chi connectivity index (χ1n) is 5.73. The van der Waals surface area contributed by atoms with E-state index in [1.54, 1.807) is 30.3 Å². The Morgan fingerprint density at radius 3 is 2.65 bits per heavy atom. The minimum absolute atomic E-state index is 0.0278. The summed E-state index contributed by atoms with van der Waals surface area (Å²) in [6.45, 7) is 1.48. The molecule has 1 atom stereocenters. The fourth-order valence-corrected chi connectivity index (χ4v) is 1.94. The second-order valence-corrected chi connectivity index (χ2v) is 5.23. The van der Waals surface area contributed by atoms with Crippen LogP contribution >= 0.6 is 23.4 Å². The third-order valence-corrected chi connectivity index (χ3v) is 3.23. The average Bonchev–Trinajstić information content (AvgIpc) is 2.41. The van der Waals surface area contributed by atoms with E-state index < -0.39 is 12.1 Å². The molecule has 7 heteroatoms. The Kier molecular flexibility index (Phi) is 6.91. The molecule has 5 nitrogen and oxygen atoms in total. The number of esters is 1. The summed E-state index contributed by atoms with van der Waals surface area (Å²) in [5, 5.41) is 11.7. The van der Waals surface area contributed by atoms with E-state index in [1.807, 2.05) is 0 Å². The van der Waals surface area contributed by atoms with Crippen LogP contribution in [0.5, 0.6) is 0 Å². The van der Waals surface area contributed by atoms with Crippen LogP contribution in [0.25, 0.3) is 0 Å². The monoisotopic (exact) mass is 312 g/mol. The van der Waals surface area contributed by atoms with Crippen LogP contribution in [0.4, 0.5) is 5.69 Å². The number of thioether (sulfide) groups is 1. The lowest BCUT2D eigenvalue weighted by molar-refractivity contribution is -0.142. The first-order chi connectivity index (χ1) is 9.51. The van der Waals surface area contributed by atoms with E-state index in [-0.39, 0.29) is 17.4 Å². The van der Waals surface area contributed by atoms with Gasteiger partial charge in [0.15, 0.2) is 6.10 Å². The van der Waals surface area contributed by atoms with Gasteiger partial charge >= 0.3 is 5.97 Å². The van der Waals surface area contributed by atoms with Gasteiger partial charge < -0.3 is 10.1 Å². The summed E-state index contributed by atoms with van der Waals surface area (Å²) in [7, 11) is 0. The first kappa shape index (κ1) is 16.3. The van der Waals surface area contributed by atoms with Gasteiger partial charge in [-0.2, -0.15) is 5.26 Å². The number of amides is 1. The van der Waals surface area contributed by atoms with Crippen LogP contribution in [0, 0.1) is 11.3 Å². The zero-order chi connectivity index (χ0) is 15.0. The molecule has 0 aromatic heterocycles. The maximum absolute atomic E-state index is 11.6. The molecule has 1 aromatic carbocycles. The van der Waals surface area contributed by atoms with Crippen LogP contribution in [-0.4, -0.2) is 29.5 Å². The summed E-state index contributed by atoms with van der Waals surface area (Å²) < 4.78 is 4.75. The zero-order valence-corrected chi connectivity index (χ0v) is 12.3. The number of hydrogen-bond acceptors (Lipinski definition) is 5. The molecule has 1 N–H and O–H groups in total. The molecule has 1 amide bonds. The van der Waals surface area contributed by atoms with E-state index in [2.05, 4.69) is 5.32 Å². The summed E-state index contributed by atoms with van der Waals surface area (Å²) in [5.74, 6) is -0.583. The van der Waals surface area contributed by atoms with Crippen LogP contribution < -0.4 is 5.32 Å². The highest BCUT2D eigenvalue weighted by molar-refractivity contribution is 8.00. The Labute approximate surface area is 126 Å². The third-order valence-electron chi connectivity index (χ3n) is 2.07. The highest BCUT2D eigenvalue weighted by Gasteiger charge is 2.10. The van der Waals surface area contributed by atoms with Crippen molar-refractivity contribution in [3.63, 3.8) is 0 Å². The van der Waals surface area contributed by atoms with Crippen LogP contribution in [0.1, 0.15) is 6.92 Å². The molecule has 0 bridgehead atoms. The number of nitrogens with one attached hydrogen (secondary N) is 1. The number of carbonyl (C=O) groups excluding carboxylic acids is 2. The van der Waals surface area contributed by atoms with E-state index in [0.29, 0.717) is 10.7 Å². The number of halogens is 1.